The first-order valence-corrected chi connectivity index (χ1v) is 7.23. The molecule has 0 aliphatic heterocycles. The summed E-state index contributed by atoms with van der Waals surface area (Å²) in [5.74, 6) is -1.20. The van der Waals surface area contributed by atoms with Gasteiger partial charge in [-0.1, -0.05) is 12.1 Å². The van der Waals surface area contributed by atoms with Crippen LogP contribution in [0.1, 0.15) is 5.56 Å². The molecule has 3 N–H and O–H groups in total. The summed E-state index contributed by atoms with van der Waals surface area (Å²) in [4.78, 5) is 11.7. The Labute approximate surface area is 125 Å². The van der Waals surface area contributed by atoms with Crippen LogP contribution in [0.15, 0.2) is 47.4 Å². The van der Waals surface area contributed by atoms with Gasteiger partial charge in [-0.15, -0.1) is 11.8 Å². The molecule has 2 aromatic carbocycles. The van der Waals surface area contributed by atoms with Gasteiger partial charge in [-0.3, -0.25) is 4.79 Å². The fourth-order valence-corrected chi connectivity index (χ4v) is 2.52. The number of amides is 1. The molecule has 1 amide bonds. The normalized spacial score (nSPS) is 10.4. The molecule has 2 aromatic rings. The van der Waals surface area contributed by atoms with Crippen LogP contribution in [0.3, 0.4) is 0 Å². The van der Waals surface area contributed by atoms with E-state index in [-0.39, 0.29) is 17.9 Å². The summed E-state index contributed by atoms with van der Waals surface area (Å²) >= 11 is 1.29. The summed E-state index contributed by atoms with van der Waals surface area (Å²) in [7, 11) is 0. The molecule has 0 saturated heterocycles. The van der Waals surface area contributed by atoms with Crippen molar-refractivity contribution in [1.82, 2.24) is 0 Å². The van der Waals surface area contributed by atoms with E-state index in [0.29, 0.717) is 0 Å². The third-order valence-corrected chi connectivity index (χ3v) is 3.83. The van der Waals surface area contributed by atoms with E-state index in [0.717, 1.165) is 28.8 Å². The molecule has 0 aromatic heterocycles. The second kappa shape index (κ2) is 7.08. The first kappa shape index (κ1) is 15.3. The van der Waals surface area contributed by atoms with Crippen LogP contribution in [0.2, 0.25) is 0 Å². The summed E-state index contributed by atoms with van der Waals surface area (Å²) in [6.07, 6.45) is 0. The molecule has 6 heteroatoms. The molecule has 0 bridgehead atoms. The Morgan fingerprint density at radius 3 is 2.71 bits per heavy atom. The lowest BCUT2D eigenvalue weighted by molar-refractivity contribution is -0.115. The zero-order chi connectivity index (χ0) is 15.2. The molecule has 0 heterocycles. The van der Waals surface area contributed by atoms with Crippen LogP contribution in [0.4, 0.5) is 14.5 Å². The van der Waals surface area contributed by atoms with Crippen LogP contribution in [0.5, 0.6) is 0 Å². The van der Waals surface area contributed by atoms with Gasteiger partial charge in [-0.2, -0.15) is 0 Å². The second-order valence-corrected chi connectivity index (χ2v) is 5.36. The molecule has 0 spiro atoms. The van der Waals surface area contributed by atoms with Crippen molar-refractivity contribution in [3.63, 3.8) is 0 Å². The average Bonchev–Trinajstić information content (AvgIpc) is 2.47. The topological polar surface area (TPSA) is 55.1 Å². The third kappa shape index (κ3) is 4.46. The summed E-state index contributed by atoms with van der Waals surface area (Å²) < 4.78 is 26.7. The Kier molecular flexibility index (Phi) is 5.16. The fourth-order valence-electron chi connectivity index (χ4n) is 1.76. The molecular formula is C15H14F2N2OS. The van der Waals surface area contributed by atoms with Crippen LogP contribution in [-0.2, 0) is 11.3 Å². The Morgan fingerprint density at radius 1 is 1.19 bits per heavy atom. The van der Waals surface area contributed by atoms with Crippen molar-refractivity contribution in [2.45, 2.75) is 11.4 Å². The largest absolute Gasteiger partial charge is 0.380 e. The zero-order valence-corrected chi connectivity index (χ0v) is 11.9. The van der Waals surface area contributed by atoms with Crippen molar-refractivity contribution in [1.29, 1.82) is 0 Å². The van der Waals surface area contributed by atoms with Crippen molar-refractivity contribution in [3.05, 3.63) is 59.7 Å². The van der Waals surface area contributed by atoms with Gasteiger partial charge in [0.25, 0.3) is 0 Å². The number of thioether (sulfide) groups is 1. The van der Waals surface area contributed by atoms with E-state index < -0.39 is 17.5 Å². The minimum absolute atomic E-state index is 0.151. The van der Waals surface area contributed by atoms with Gasteiger partial charge in [0, 0.05) is 22.7 Å². The van der Waals surface area contributed by atoms with Gasteiger partial charge >= 0.3 is 0 Å². The Bertz CT molecular complexity index is 649. The Balaban J connectivity index is 2.09. The van der Waals surface area contributed by atoms with Crippen LogP contribution in [0.25, 0.3) is 0 Å². The van der Waals surface area contributed by atoms with E-state index >= 15 is 0 Å². The van der Waals surface area contributed by atoms with Crippen LogP contribution in [0, 0.1) is 11.6 Å². The average molecular weight is 308 g/mol. The number of carbonyl (C=O) groups excluding carboxylic acids is 1. The maximum absolute atomic E-state index is 13.6. The lowest BCUT2D eigenvalue weighted by atomic mass is 10.2. The summed E-state index contributed by atoms with van der Waals surface area (Å²) in [6.45, 7) is 0.151. The molecule has 0 radical (unpaired) electrons. The van der Waals surface area contributed by atoms with Gasteiger partial charge in [0.05, 0.1) is 5.75 Å². The van der Waals surface area contributed by atoms with Crippen LogP contribution >= 0.6 is 11.8 Å². The highest BCUT2D eigenvalue weighted by molar-refractivity contribution is 8.00. The first-order chi connectivity index (χ1) is 10.1. The van der Waals surface area contributed by atoms with Crippen molar-refractivity contribution in [2.24, 2.45) is 5.73 Å². The molecule has 21 heavy (non-hydrogen) atoms. The van der Waals surface area contributed by atoms with Crippen molar-refractivity contribution < 1.29 is 13.6 Å². The van der Waals surface area contributed by atoms with Gasteiger partial charge < -0.3 is 11.1 Å². The number of carbonyl (C=O) groups is 1. The SMILES string of the molecule is NC(=O)CSc1ccccc1NCc1cc(F)ccc1F. The number of para-hydroxylation sites is 1. The Morgan fingerprint density at radius 2 is 1.95 bits per heavy atom. The quantitative estimate of drug-likeness (QED) is 0.806. The summed E-state index contributed by atoms with van der Waals surface area (Å²) in [5, 5.41) is 3.04. The van der Waals surface area contributed by atoms with Gasteiger partial charge in [0.15, 0.2) is 0 Å². The van der Waals surface area contributed by atoms with Gasteiger partial charge in [0.1, 0.15) is 11.6 Å². The fraction of sp³-hybridized carbons (Fsp3) is 0.133. The van der Waals surface area contributed by atoms with Gasteiger partial charge in [0.2, 0.25) is 5.91 Å². The molecule has 0 unspecified atom stereocenters. The highest BCUT2D eigenvalue weighted by Crippen LogP contribution is 2.27. The lowest BCUT2D eigenvalue weighted by Gasteiger charge is -2.11. The Hall–Kier alpha value is -2.08. The minimum Gasteiger partial charge on any atom is -0.380 e. The van der Waals surface area contributed by atoms with Crippen molar-refractivity contribution >= 4 is 23.4 Å². The molecule has 0 saturated carbocycles. The maximum atomic E-state index is 13.6. The van der Waals surface area contributed by atoms with E-state index in [1.165, 1.54) is 11.8 Å². The number of rotatable bonds is 6. The highest BCUT2D eigenvalue weighted by Gasteiger charge is 2.07. The molecule has 3 nitrogen and oxygen atoms in total. The van der Waals surface area contributed by atoms with E-state index in [2.05, 4.69) is 5.32 Å². The predicted octanol–water partition coefficient (Wildman–Crippen LogP) is 3.15. The molecule has 0 aliphatic carbocycles. The number of hydrogen-bond acceptors (Lipinski definition) is 3. The molecule has 0 atom stereocenters. The lowest BCUT2D eigenvalue weighted by Crippen LogP contribution is -2.13. The third-order valence-electron chi connectivity index (χ3n) is 2.73. The van der Waals surface area contributed by atoms with E-state index in [1.807, 2.05) is 18.2 Å². The monoisotopic (exact) mass is 308 g/mol. The van der Waals surface area contributed by atoms with E-state index in [1.54, 1.807) is 6.07 Å². The maximum Gasteiger partial charge on any atom is 0.227 e. The molecular weight excluding hydrogens is 294 g/mol. The number of primary amides is 1. The number of halogens is 2. The van der Waals surface area contributed by atoms with E-state index in [9.17, 15) is 13.6 Å². The number of benzene rings is 2. The minimum atomic E-state index is -0.482. The van der Waals surface area contributed by atoms with Gasteiger partial charge in [-0.25, -0.2) is 8.78 Å². The number of nitrogens with one attached hydrogen (secondary N) is 1. The predicted molar refractivity (Wildman–Crippen MR) is 80.0 cm³/mol. The first-order valence-electron chi connectivity index (χ1n) is 6.24. The number of nitrogens with two attached hydrogens (primary N) is 1. The smallest absolute Gasteiger partial charge is 0.227 e. The molecule has 2 rings (SSSR count). The van der Waals surface area contributed by atoms with Crippen LogP contribution in [-0.4, -0.2) is 11.7 Å². The van der Waals surface area contributed by atoms with E-state index in [4.69, 9.17) is 5.73 Å². The zero-order valence-electron chi connectivity index (χ0n) is 11.1. The standard InChI is InChI=1S/C15H14F2N2OS/c16-11-5-6-12(17)10(7-11)8-19-13-3-1-2-4-14(13)21-9-15(18)20/h1-7,19H,8-9H2,(H2,18,20). The number of hydrogen-bond donors (Lipinski definition) is 2. The van der Waals surface area contributed by atoms with Crippen LogP contribution < -0.4 is 11.1 Å². The summed E-state index contributed by atoms with van der Waals surface area (Å²) in [6, 6.07) is 10.6. The van der Waals surface area contributed by atoms with Crippen molar-refractivity contribution in [2.75, 3.05) is 11.1 Å². The molecule has 0 aliphatic rings. The van der Waals surface area contributed by atoms with Gasteiger partial charge in [-0.05, 0) is 30.3 Å². The molecule has 0 fully saturated rings. The second-order valence-electron chi connectivity index (χ2n) is 4.34. The van der Waals surface area contributed by atoms with Crippen molar-refractivity contribution in [3.8, 4) is 0 Å². The highest BCUT2D eigenvalue weighted by atomic mass is 32.2. The molecule has 110 valence electrons. The summed E-state index contributed by atoms with van der Waals surface area (Å²) in [5.41, 5.74) is 6.10. The number of anilines is 1.